The van der Waals surface area contributed by atoms with E-state index in [0.717, 1.165) is 12.8 Å². The SMILES string of the molecule is CCC(C)CC(C)(C(=O)O)C(C)C. The molecule has 2 unspecified atom stereocenters. The minimum absolute atomic E-state index is 0.194. The molecule has 0 aliphatic rings. The van der Waals surface area contributed by atoms with Crippen LogP contribution in [-0.4, -0.2) is 11.1 Å². The lowest BCUT2D eigenvalue weighted by atomic mass is 9.72. The third-order valence-corrected chi connectivity index (χ3v) is 3.23. The van der Waals surface area contributed by atoms with Gasteiger partial charge in [0.25, 0.3) is 0 Å². The Kier molecular flexibility index (Phi) is 4.45. The molecule has 0 saturated carbocycles. The lowest BCUT2D eigenvalue weighted by Crippen LogP contribution is -2.34. The van der Waals surface area contributed by atoms with Crippen molar-refractivity contribution < 1.29 is 9.90 Å². The van der Waals surface area contributed by atoms with Gasteiger partial charge in [0, 0.05) is 0 Å². The Hall–Kier alpha value is -0.530. The second-order valence-electron chi connectivity index (χ2n) is 4.59. The third kappa shape index (κ3) is 3.02. The first-order valence-electron chi connectivity index (χ1n) is 5.08. The zero-order chi connectivity index (χ0) is 10.6. The molecule has 0 rings (SSSR count). The van der Waals surface area contributed by atoms with Gasteiger partial charge in [0.2, 0.25) is 0 Å². The number of rotatable bonds is 5. The minimum atomic E-state index is -0.664. The van der Waals surface area contributed by atoms with E-state index in [4.69, 9.17) is 5.11 Å². The predicted molar refractivity (Wildman–Crippen MR) is 54.7 cm³/mol. The zero-order valence-corrected chi connectivity index (χ0v) is 9.42. The van der Waals surface area contributed by atoms with Gasteiger partial charge in [-0.3, -0.25) is 4.79 Å². The summed E-state index contributed by atoms with van der Waals surface area (Å²) in [6.07, 6.45) is 1.83. The minimum Gasteiger partial charge on any atom is -0.481 e. The van der Waals surface area contributed by atoms with Gasteiger partial charge in [-0.1, -0.05) is 34.1 Å². The smallest absolute Gasteiger partial charge is 0.309 e. The number of hydrogen-bond donors (Lipinski definition) is 1. The van der Waals surface area contributed by atoms with Crippen LogP contribution in [0.2, 0.25) is 0 Å². The van der Waals surface area contributed by atoms with Crippen molar-refractivity contribution in [3.63, 3.8) is 0 Å². The fourth-order valence-electron chi connectivity index (χ4n) is 1.44. The lowest BCUT2D eigenvalue weighted by Gasteiger charge is -2.31. The molecule has 0 heterocycles. The fourth-order valence-corrected chi connectivity index (χ4v) is 1.44. The molecule has 13 heavy (non-hydrogen) atoms. The van der Waals surface area contributed by atoms with Gasteiger partial charge in [-0.2, -0.15) is 0 Å². The third-order valence-electron chi connectivity index (χ3n) is 3.23. The van der Waals surface area contributed by atoms with E-state index in [2.05, 4.69) is 13.8 Å². The molecule has 0 spiro atoms. The van der Waals surface area contributed by atoms with Crippen molar-refractivity contribution >= 4 is 5.97 Å². The molecule has 2 heteroatoms. The number of carbonyl (C=O) groups is 1. The Bertz CT molecular complexity index is 175. The second-order valence-corrected chi connectivity index (χ2v) is 4.59. The van der Waals surface area contributed by atoms with Gasteiger partial charge in [0.15, 0.2) is 0 Å². The summed E-state index contributed by atoms with van der Waals surface area (Å²) in [6, 6.07) is 0. The summed E-state index contributed by atoms with van der Waals surface area (Å²) < 4.78 is 0. The van der Waals surface area contributed by atoms with E-state index < -0.39 is 11.4 Å². The maximum absolute atomic E-state index is 11.1. The van der Waals surface area contributed by atoms with Gasteiger partial charge < -0.3 is 5.11 Å². The van der Waals surface area contributed by atoms with Crippen LogP contribution in [0, 0.1) is 17.3 Å². The van der Waals surface area contributed by atoms with Crippen LogP contribution < -0.4 is 0 Å². The van der Waals surface area contributed by atoms with E-state index in [9.17, 15) is 4.79 Å². The van der Waals surface area contributed by atoms with E-state index in [1.165, 1.54) is 0 Å². The summed E-state index contributed by atoms with van der Waals surface area (Å²) in [6.45, 7) is 10.0. The summed E-state index contributed by atoms with van der Waals surface area (Å²) in [5.74, 6) is 0.0188. The van der Waals surface area contributed by atoms with Gasteiger partial charge in [-0.05, 0) is 25.2 Å². The summed E-state index contributed by atoms with van der Waals surface area (Å²) >= 11 is 0. The summed E-state index contributed by atoms with van der Waals surface area (Å²) in [5, 5.41) is 9.15. The Morgan fingerprint density at radius 3 is 2.08 bits per heavy atom. The van der Waals surface area contributed by atoms with Crippen LogP contribution in [0.1, 0.15) is 47.5 Å². The monoisotopic (exact) mass is 186 g/mol. The highest BCUT2D eigenvalue weighted by Crippen LogP contribution is 2.35. The molecule has 0 aliphatic carbocycles. The van der Waals surface area contributed by atoms with Crippen LogP contribution in [0.5, 0.6) is 0 Å². The first kappa shape index (κ1) is 12.5. The maximum Gasteiger partial charge on any atom is 0.309 e. The number of aliphatic carboxylic acids is 1. The van der Waals surface area contributed by atoms with Gasteiger partial charge in [0.1, 0.15) is 0 Å². The fraction of sp³-hybridized carbons (Fsp3) is 0.909. The highest BCUT2D eigenvalue weighted by molar-refractivity contribution is 5.74. The van der Waals surface area contributed by atoms with Crippen LogP contribution in [0.4, 0.5) is 0 Å². The van der Waals surface area contributed by atoms with Gasteiger partial charge in [-0.15, -0.1) is 0 Å². The zero-order valence-electron chi connectivity index (χ0n) is 9.42. The number of carboxylic acids is 1. The molecular formula is C11H22O2. The highest BCUT2D eigenvalue weighted by atomic mass is 16.4. The first-order valence-corrected chi connectivity index (χ1v) is 5.08. The van der Waals surface area contributed by atoms with E-state index in [1.807, 2.05) is 20.8 Å². The largest absolute Gasteiger partial charge is 0.481 e. The van der Waals surface area contributed by atoms with E-state index in [1.54, 1.807) is 0 Å². The van der Waals surface area contributed by atoms with Crippen LogP contribution in [-0.2, 0) is 4.79 Å². The summed E-state index contributed by atoms with van der Waals surface area (Å²) in [4.78, 5) is 11.1. The Labute approximate surface area is 81.3 Å². The van der Waals surface area contributed by atoms with Crippen molar-refractivity contribution in [1.29, 1.82) is 0 Å². The number of hydrogen-bond acceptors (Lipinski definition) is 1. The van der Waals surface area contributed by atoms with Crippen molar-refractivity contribution in [3.8, 4) is 0 Å². The van der Waals surface area contributed by atoms with Crippen LogP contribution in [0.15, 0.2) is 0 Å². The van der Waals surface area contributed by atoms with E-state index >= 15 is 0 Å². The van der Waals surface area contributed by atoms with Crippen molar-refractivity contribution in [2.45, 2.75) is 47.5 Å². The van der Waals surface area contributed by atoms with Crippen molar-refractivity contribution in [3.05, 3.63) is 0 Å². The molecule has 2 nitrogen and oxygen atoms in total. The second kappa shape index (κ2) is 4.64. The molecule has 0 fully saturated rings. The molecule has 0 aromatic rings. The standard InChI is InChI=1S/C11H22O2/c1-6-9(4)7-11(5,8(2)3)10(12)13/h8-9H,6-7H2,1-5H3,(H,12,13). The van der Waals surface area contributed by atoms with Crippen molar-refractivity contribution in [2.24, 2.45) is 17.3 Å². The summed E-state index contributed by atoms with van der Waals surface area (Å²) in [7, 11) is 0. The molecule has 1 N–H and O–H groups in total. The van der Waals surface area contributed by atoms with Crippen molar-refractivity contribution in [1.82, 2.24) is 0 Å². The molecule has 0 bridgehead atoms. The van der Waals surface area contributed by atoms with Gasteiger partial charge in [-0.25, -0.2) is 0 Å². The Morgan fingerprint density at radius 2 is 1.85 bits per heavy atom. The maximum atomic E-state index is 11.1. The molecule has 0 saturated heterocycles. The van der Waals surface area contributed by atoms with Crippen LogP contribution in [0.25, 0.3) is 0 Å². The highest BCUT2D eigenvalue weighted by Gasteiger charge is 2.37. The van der Waals surface area contributed by atoms with Crippen LogP contribution in [0.3, 0.4) is 0 Å². The normalized spacial score (nSPS) is 18.3. The molecule has 0 radical (unpaired) electrons. The molecule has 0 amide bonds. The van der Waals surface area contributed by atoms with Crippen LogP contribution >= 0.6 is 0 Å². The van der Waals surface area contributed by atoms with E-state index in [0.29, 0.717) is 5.92 Å². The topological polar surface area (TPSA) is 37.3 Å². The quantitative estimate of drug-likeness (QED) is 0.716. The molecule has 78 valence electrons. The predicted octanol–water partition coefficient (Wildman–Crippen LogP) is 3.17. The molecular weight excluding hydrogens is 164 g/mol. The number of carboxylic acid groups (broad SMARTS) is 1. The first-order chi connectivity index (χ1) is 5.84. The molecule has 0 aromatic carbocycles. The average Bonchev–Trinajstić information content (AvgIpc) is 2.03. The summed E-state index contributed by atoms with van der Waals surface area (Å²) in [5.41, 5.74) is -0.560. The molecule has 2 atom stereocenters. The van der Waals surface area contributed by atoms with Gasteiger partial charge in [0.05, 0.1) is 5.41 Å². The molecule has 0 aliphatic heterocycles. The average molecular weight is 186 g/mol. The Morgan fingerprint density at radius 1 is 1.38 bits per heavy atom. The van der Waals surface area contributed by atoms with Gasteiger partial charge >= 0.3 is 5.97 Å². The molecule has 0 aromatic heterocycles. The van der Waals surface area contributed by atoms with E-state index in [-0.39, 0.29) is 5.92 Å². The Balaban J connectivity index is 4.51. The lowest BCUT2D eigenvalue weighted by molar-refractivity contribution is -0.151. The van der Waals surface area contributed by atoms with Crippen molar-refractivity contribution in [2.75, 3.05) is 0 Å².